The van der Waals surface area contributed by atoms with Gasteiger partial charge in [-0.2, -0.15) is 4.31 Å². The fraction of sp³-hybridized carbons (Fsp3) is 0.364. The van der Waals surface area contributed by atoms with Gasteiger partial charge in [0.05, 0.1) is 10.9 Å². The summed E-state index contributed by atoms with van der Waals surface area (Å²) in [6.45, 7) is 3.95. The Bertz CT molecular complexity index is 1030. The Kier molecular flexibility index (Phi) is 7.10. The lowest BCUT2D eigenvalue weighted by Crippen LogP contribution is -2.43. The van der Waals surface area contributed by atoms with Gasteiger partial charge < -0.3 is 5.32 Å². The van der Waals surface area contributed by atoms with Crippen LogP contribution in [0.25, 0.3) is 0 Å². The van der Waals surface area contributed by atoms with E-state index in [4.69, 9.17) is 0 Å². The molecule has 6 nitrogen and oxygen atoms in total. The Balaban J connectivity index is 1.60. The summed E-state index contributed by atoms with van der Waals surface area (Å²) in [5.74, 6) is -0.384. The van der Waals surface area contributed by atoms with Gasteiger partial charge in [-0.05, 0) is 50.5 Å². The SMILES string of the molecule is CC(=O)c1ccc(S(=O)(=O)N2CCC(C(=O)NC(C)c3ccccc3Br)CC2)cc1. The fourth-order valence-electron chi connectivity index (χ4n) is 3.60. The molecule has 1 heterocycles. The molecule has 1 aliphatic heterocycles. The minimum Gasteiger partial charge on any atom is -0.349 e. The number of halogens is 1. The molecule has 1 atom stereocenters. The van der Waals surface area contributed by atoms with Crippen LogP contribution in [-0.2, 0) is 14.8 Å². The minimum absolute atomic E-state index is 0.0545. The largest absolute Gasteiger partial charge is 0.349 e. The van der Waals surface area contributed by atoms with Crippen LogP contribution < -0.4 is 5.32 Å². The average Bonchev–Trinajstić information content (AvgIpc) is 2.74. The van der Waals surface area contributed by atoms with Crippen molar-refractivity contribution in [2.75, 3.05) is 13.1 Å². The number of rotatable bonds is 6. The second-order valence-electron chi connectivity index (χ2n) is 7.51. The topological polar surface area (TPSA) is 83.6 Å². The number of hydrogen-bond donors (Lipinski definition) is 1. The number of Topliss-reactive ketones (excluding diaryl/α,β-unsaturated/α-hetero) is 1. The van der Waals surface area contributed by atoms with Crippen molar-refractivity contribution >= 4 is 37.6 Å². The molecular weight excluding hydrogens is 468 g/mol. The monoisotopic (exact) mass is 492 g/mol. The van der Waals surface area contributed by atoms with E-state index in [0.717, 1.165) is 10.0 Å². The van der Waals surface area contributed by atoms with E-state index >= 15 is 0 Å². The van der Waals surface area contributed by atoms with E-state index in [1.165, 1.54) is 35.5 Å². The van der Waals surface area contributed by atoms with Crippen LogP contribution in [0.5, 0.6) is 0 Å². The van der Waals surface area contributed by atoms with E-state index in [0.29, 0.717) is 18.4 Å². The van der Waals surface area contributed by atoms with Crippen LogP contribution in [0.1, 0.15) is 48.7 Å². The van der Waals surface area contributed by atoms with E-state index in [-0.39, 0.29) is 41.6 Å². The summed E-state index contributed by atoms with van der Waals surface area (Å²) < 4.78 is 28.1. The Labute approximate surface area is 185 Å². The minimum atomic E-state index is -3.64. The highest BCUT2D eigenvalue weighted by atomic mass is 79.9. The van der Waals surface area contributed by atoms with Crippen LogP contribution in [-0.4, -0.2) is 37.5 Å². The van der Waals surface area contributed by atoms with Crippen molar-refractivity contribution in [1.82, 2.24) is 9.62 Å². The van der Waals surface area contributed by atoms with Crippen molar-refractivity contribution in [3.8, 4) is 0 Å². The molecule has 1 saturated heterocycles. The Hall–Kier alpha value is -2.03. The van der Waals surface area contributed by atoms with Crippen molar-refractivity contribution in [1.29, 1.82) is 0 Å². The second-order valence-corrected chi connectivity index (χ2v) is 10.3. The zero-order valence-corrected chi connectivity index (χ0v) is 19.4. The van der Waals surface area contributed by atoms with E-state index in [1.807, 2.05) is 31.2 Å². The second kappa shape index (κ2) is 9.41. The average molecular weight is 493 g/mol. The van der Waals surface area contributed by atoms with Crippen LogP contribution in [0.3, 0.4) is 0 Å². The van der Waals surface area contributed by atoms with E-state index in [2.05, 4.69) is 21.2 Å². The van der Waals surface area contributed by atoms with Gasteiger partial charge in [-0.1, -0.05) is 46.3 Å². The predicted molar refractivity (Wildman–Crippen MR) is 119 cm³/mol. The lowest BCUT2D eigenvalue weighted by Gasteiger charge is -2.31. The maximum atomic E-state index is 12.9. The molecule has 3 rings (SSSR count). The molecule has 1 aliphatic rings. The zero-order chi connectivity index (χ0) is 21.9. The Morgan fingerprint density at radius 2 is 1.67 bits per heavy atom. The van der Waals surface area contributed by atoms with E-state index < -0.39 is 10.0 Å². The molecule has 1 unspecified atom stereocenters. The van der Waals surface area contributed by atoms with Crippen molar-refractivity contribution < 1.29 is 18.0 Å². The summed E-state index contributed by atoms with van der Waals surface area (Å²) in [4.78, 5) is 24.3. The Morgan fingerprint density at radius 1 is 1.07 bits per heavy atom. The summed E-state index contributed by atoms with van der Waals surface area (Å²) in [5.41, 5.74) is 1.48. The molecule has 0 spiro atoms. The highest BCUT2D eigenvalue weighted by Gasteiger charge is 2.32. The predicted octanol–water partition coefficient (Wildman–Crippen LogP) is 3.93. The molecule has 30 heavy (non-hydrogen) atoms. The number of sulfonamides is 1. The highest BCUT2D eigenvalue weighted by molar-refractivity contribution is 9.10. The third-order valence-corrected chi connectivity index (χ3v) is 8.09. The molecule has 0 saturated carbocycles. The van der Waals surface area contributed by atoms with Gasteiger partial charge in [0.1, 0.15) is 0 Å². The summed E-state index contributed by atoms with van der Waals surface area (Å²) in [6.07, 6.45) is 0.943. The number of carbonyl (C=O) groups is 2. The zero-order valence-electron chi connectivity index (χ0n) is 17.0. The third kappa shape index (κ3) is 4.99. The molecule has 0 bridgehead atoms. The first-order valence-corrected chi connectivity index (χ1v) is 12.1. The first kappa shape index (κ1) is 22.7. The number of amides is 1. The van der Waals surface area contributed by atoms with Gasteiger partial charge in [0.15, 0.2) is 5.78 Å². The lowest BCUT2D eigenvalue weighted by atomic mass is 9.96. The van der Waals surface area contributed by atoms with Crippen LogP contribution in [0.15, 0.2) is 57.9 Å². The summed E-state index contributed by atoms with van der Waals surface area (Å²) in [6, 6.07) is 13.6. The summed E-state index contributed by atoms with van der Waals surface area (Å²) >= 11 is 3.50. The van der Waals surface area contributed by atoms with Gasteiger partial charge in [-0.3, -0.25) is 9.59 Å². The van der Waals surface area contributed by atoms with Gasteiger partial charge in [-0.25, -0.2) is 8.42 Å². The number of nitrogens with zero attached hydrogens (tertiary/aromatic N) is 1. The molecule has 2 aromatic rings. The summed E-state index contributed by atoms with van der Waals surface area (Å²) in [7, 11) is -3.64. The van der Waals surface area contributed by atoms with Crippen LogP contribution in [0.4, 0.5) is 0 Å². The highest BCUT2D eigenvalue weighted by Crippen LogP contribution is 2.26. The summed E-state index contributed by atoms with van der Waals surface area (Å²) in [5, 5.41) is 3.04. The van der Waals surface area contributed by atoms with Crippen molar-refractivity contribution in [2.24, 2.45) is 5.92 Å². The molecule has 0 aliphatic carbocycles. The number of piperidine rings is 1. The number of ketones is 1. The molecule has 0 aromatic heterocycles. The molecule has 8 heteroatoms. The maximum absolute atomic E-state index is 12.9. The first-order valence-electron chi connectivity index (χ1n) is 9.86. The number of nitrogens with one attached hydrogen (secondary N) is 1. The van der Waals surface area contributed by atoms with Gasteiger partial charge >= 0.3 is 0 Å². The standard InChI is InChI=1S/C22H25BrN2O4S/c1-15(20-5-3-4-6-21(20)23)24-22(27)18-11-13-25(14-12-18)30(28,29)19-9-7-17(8-10-19)16(2)26/h3-10,15,18H,11-14H2,1-2H3,(H,24,27). The fourth-order valence-corrected chi connectivity index (χ4v) is 5.70. The van der Waals surface area contributed by atoms with Gasteiger partial charge in [0.25, 0.3) is 0 Å². The molecule has 1 fully saturated rings. The van der Waals surface area contributed by atoms with E-state index in [9.17, 15) is 18.0 Å². The van der Waals surface area contributed by atoms with Crippen molar-refractivity contribution in [3.05, 3.63) is 64.1 Å². The third-order valence-electron chi connectivity index (χ3n) is 5.45. The van der Waals surface area contributed by atoms with E-state index in [1.54, 1.807) is 0 Å². The van der Waals surface area contributed by atoms with Crippen LogP contribution >= 0.6 is 15.9 Å². The van der Waals surface area contributed by atoms with Crippen molar-refractivity contribution in [2.45, 2.75) is 37.6 Å². The quantitative estimate of drug-likeness (QED) is 0.619. The molecule has 2 aromatic carbocycles. The van der Waals surface area contributed by atoms with Crippen molar-refractivity contribution in [3.63, 3.8) is 0 Å². The molecule has 0 radical (unpaired) electrons. The van der Waals surface area contributed by atoms with Crippen LogP contribution in [0.2, 0.25) is 0 Å². The molecule has 1 amide bonds. The van der Waals surface area contributed by atoms with Gasteiger partial charge in [-0.15, -0.1) is 0 Å². The molecular formula is C22H25BrN2O4S. The number of hydrogen-bond acceptors (Lipinski definition) is 4. The lowest BCUT2D eigenvalue weighted by molar-refractivity contribution is -0.126. The number of benzene rings is 2. The first-order chi connectivity index (χ1) is 14.2. The maximum Gasteiger partial charge on any atom is 0.243 e. The van der Waals surface area contributed by atoms with Gasteiger partial charge in [0.2, 0.25) is 15.9 Å². The Morgan fingerprint density at radius 3 is 2.23 bits per heavy atom. The normalized spacial score (nSPS) is 16.8. The van der Waals surface area contributed by atoms with Crippen LogP contribution in [0, 0.1) is 5.92 Å². The number of carbonyl (C=O) groups excluding carboxylic acids is 2. The van der Waals surface area contributed by atoms with Gasteiger partial charge in [0, 0.05) is 29.0 Å². The molecule has 1 N–H and O–H groups in total. The smallest absolute Gasteiger partial charge is 0.243 e. The molecule has 160 valence electrons.